The average Bonchev–Trinajstić information content (AvgIpc) is 2.13. The first-order chi connectivity index (χ1) is 6.97. The van der Waals surface area contributed by atoms with Crippen molar-refractivity contribution in [2.75, 3.05) is 7.11 Å². The van der Waals surface area contributed by atoms with Gasteiger partial charge in [0.2, 0.25) is 23.1 Å². The highest BCUT2D eigenvalue weighted by atomic mass is 16.6. The summed E-state index contributed by atoms with van der Waals surface area (Å²) in [6.07, 6.45) is 1.15. The molecule has 0 aromatic carbocycles. The molecule has 0 unspecified atom stereocenters. The molecule has 0 radical (unpaired) electrons. The second-order valence-electron chi connectivity index (χ2n) is 2.98. The third-order valence-corrected chi connectivity index (χ3v) is 1.79. The fourth-order valence-electron chi connectivity index (χ4n) is 1.15. The van der Waals surface area contributed by atoms with Crippen LogP contribution in [0.2, 0.25) is 0 Å². The molecular weight excluding hydrogens is 200 g/mol. The number of carbonyl (C=O) groups excluding carboxylic acids is 3. The summed E-state index contributed by atoms with van der Waals surface area (Å²) in [5.74, 6) is -2.24. The molecule has 0 atom stereocenters. The van der Waals surface area contributed by atoms with Gasteiger partial charge in [0.25, 0.3) is 0 Å². The molecule has 1 aliphatic rings. The van der Waals surface area contributed by atoms with Gasteiger partial charge in [-0.3, -0.25) is 14.4 Å². The van der Waals surface area contributed by atoms with Crippen LogP contribution >= 0.6 is 0 Å². The number of ketones is 2. The molecule has 0 N–H and O–H groups in total. The van der Waals surface area contributed by atoms with Gasteiger partial charge < -0.3 is 9.47 Å². The summed E-state index contributed by atoms with van der Waals surface area (Å²) < 4.78 is 9.38. The van der Waals surface area contributed by atoms with Crippen LogP contribution in [0.4, 0.5) is 0 Å². The largest absolute Gasteiger partial charge is 0.489 e. The van der Waals surface area contributed by atoms with Gasteiger partial charge in [0.05, 0.1) is 7.11 Å². The van der Waals surface area contributed by atoms with E-state index < -0.39 is 17.5 Å². The number of carbonyl (C=O) groups is 3. The van der Waals surface area contributed by atoms with Crippen molar-refractivity contribution in [2.45, 2.75) is 13.8 Å². The summed E-state index contributed by atoms with van der Waals surface area (Å²) in [4.78, 5) is 33.6. The number of hydrogen-bond donors (Lipinski definition) is 0. The lowest BCUT2D eigenvalue weighted by atomic mass is 10.0. The van der Waals surface area contributed by atoms with E-state index in [1.165, 1.54) is 14.0 Å². The van der Waals surface area contributed by atoms with E-state index in [1.807, 2.05) is 0 Å². The highest BCUT2D eigenvalue weighted by Gasteiger charge is 2.30. The number of allylic oxidation sites excluding steroid dienone is 2. The molecule has 5 nitrogen and oxygen atoms in total. The van der Waals surface area contributed by atoms with E-state index in [4.69, 9.17) is 4.74 Å². The summed E-state index contributed by atoms with van der Waals surface area (Å²) in [5.41, 5.74) is 0.219. The molecule has 0 saturated heterocycles. The van der Waals surface area contributed by atoms with Gasteiger partial charge in [0.1, 0.15) is 0 Å². The number of Topliss-reactive ketones (excluding diaryl/α,β-unsaturated/α-hetero) is 1. The van der Waals surface area contributed by atoms with Gasteiger partial charge in [-0.2, -0.15) is 0 Å². The molecule has 0 spiro atoms. The molecule has 5 heteroatoms. The average molecular weight is 210 g/mol. The minimum absolute atomic E-state index is 0.219. The van der Waals surface area contributed by atoms with Gasteiger partial charge in [0.15, 0.2) is 0 Å². The van der Waals surface area contributed by atoms with Gasteiger partial charge in [-0.05, 0) is 13.0 Å². The van der Waals surface area contributed by atoms with E-state index in [0.29, 0.717) is 0 Å². The van der Waals surface area contributed by atoms with Crippen molar-refractivity contribution >= 4 is 17.5 Å². The third kappa shape index (κ3) is 2.12. The maximum absolute atomic E-state index is 11.5. The Bertz CT molecular complexity index is 400. The predicted molar refractivity (Wildman–Crippen MR) is 49.6 cm³/mol. The van der Waals surface area contributed by atoms with Crippen LogP contribution in [0.3, 0.4) is 0 Å². The molecule has 0 aliphatic heterocycles. The van der Waals surface area contributed by atoms with Crippen molar-refractivity contribution in [1.82, 2.24) is 0 Å². The molecular formula is C10H10O5. The summed E-state index contributed by atoms with van der Waals surface area (Å²) in [5, 5.41) is 0. The van der Waals surface area contributed by atoms with E-state index in [9.17, 15) is 14.4 Å². The monoisotopic (exact) mass is 210 g/mol. The van der Waals surface area contributed by atoms with Crippen molar-refractivity contribution in [3.05, 3.63) is 23.2 Å². The van der Waals surface area contributed by atoms with Crippen molar-refractivity contribution in [1.29, 1.82) is 0 Å². The van der Waals surface area contributed by atoms with Crippen LogP contribution in [0.5, 0.6) is 0 Å². The minimum atomic E-state index is -0.671. The quantitative estimate of drug-likeness (QED) is 0.490. The predicted octanol–water partition coefficient (Wildman–Crippen LogP) is 0.506. The Morgan fingerprint density at radius 3 is 2.33 bits per heavy atom. The van der Waals surface area contributed by atoms with Crippen LogP contribution in [0, 0.1) is 0 Å². The minimum Gasteiger partial charge on any atom is -0.489 e. The Morgan fingerprint density at radius 1 is 1.27 bits per heavy atom. The van der Waals surface area contributed by atoms with E-state index in [-0.39, 0.29) is 17.1 Å². The van der Waals surface area contributed by atoms with Crippen LogP contribution in [0.1, 0.15) is 13.8 Å². The first kappa shape index (κ1) is 11.2. The van der Waals surface area contributed by atoms with Crippen LogP contribution < -0.4 is 0 Å². The molecule has 0 aromatic heterocycles. The van der Waals surface area contributed by atoms with Gasteiger partial charge >= 0.3 is 5.97 Å². The van der Waals surface area contributed by atoms with Gasteiger partial charge in [-0.15, -0.1) is 0 Å². The molecule has 0 amide bonds. The summed E-state index contributed by atoms with van der Waals surface area (Å²) in [7, 11) is 1.23. The van der Waals surface area contributed by atoms with E-state index >= 15 is 0 Å². The number of hydrogen-bond acceptors (Lipinski definition) is 5. The lowest BCUT2D eigenvalue weighted by molar-refractivity contribution is -0.140. The molecule has 0 saturated carbocycles. The topological polar surface area (TPSA) is 69.7 Å². The van der Waals surface area contributed by atoms with Crippen LogP contribution in [-0.2, 0) is 23.9 Å². The zero-order valence-electron chi connectivity index (χ0n) is 8.62. The maximum Gasteiger partial charge on any atom is 0.308 e. The molecule has 0 heterocycles. The fourth-order valence-corrected chi connectivity index (χ4v) is 1.15. The Morgan fingerprint density at radius 2 is 1.87 bits per heavy atom. The first-order valence-electron chi connectivity index (χ1n) is 4.21. The normalized spacial score (nSPS) is 16.3. The van der Waals surface area contributed by atoms with Crippen LogP contribution in [-0.4, -0.2) is 24.6 Å². The highest BCUT2D eigenvalue weighted by molar-refractivity contribution is 6.21. The third-order valence-electron chi connectivity index (χ3n) is 1.79. The highest BCUT2D eigenvalue weighted by Crippen LogP contribution is 2.20. The SMILES string of the molecule is COC1=C(OC(C)=O)C(=O)C(C)=CC1=O. The Kier molecular flexibility index (Phi) is 3.04. The summed E-state index contributed by atoms with van der Waals surface area (Å²) >= 11 is 0. The van der Waals surface area contributed by atoms with Crippen molar-refractivity contribution in [2.24, 2.45) is 0 Å². The van der Waals surface area contributed by atoms with Gasteiger partial charge in [0, 0.05) is 12.5 Å². The molecule has 15 heavy (non-hydrogen) atoms. The van der Waals surface area contributed by atoms with E-state index in [2.05, 4.69) is 4.74 Å². The smallest absolute Gasteiger partial charge is 0.308 e. The van der Waals surface area contributed by atoms with Gasteiger partial charge in [-0.25, -0.2) is 0 Å². The number of ether oxygens (including phenoxy) is 2. The van der Waals surface area contributed by atoms with E-state index in [0.717, 1.165) is 13.0 Å². The van der Waals surface area contributed by atoms with Gasteiger partial charge in [-0.1, -0.05) is 0 Å². The lowest BCUT2D eigenvalue weighted by Crippen LogP contribution is -2.22. The summed E-state index contributed by atoms with van der Waals surface area (Å²) in [6, 6.07) is 0. The molecule has 1 rings (SSSR count). The molecule has 1 aliphatic carbocycles. The number of methoxy groups -OCH3 is 1. The molecule has 0 aromatic rings. The summed E-state index contributed by atoms with van der Waals surface area (Å²) in [6.45, 7) is 2.61. The van der Waals surface area contributed by atoms with Crippen molar-refractivity contribution in [3.63, 3.8) is 0 Å². The standard InChI is InChI=1S/C10H10O5/c1-5-4-7(12)9(14-3)10(8(5)13)15-6(2)11/h4H,1-3H3. The molecule has 0 fully saturated rings. The van der Waals surface area contributed by atoms with Crippen molar-refractivity contribution in [3.8, 4) is 0 Å². The number of rotatable bonds is 2. The Balaban J connectivity index is 3.18. The van der Waals surface area contributed by atoms with Crippen LogP contribution in [0.25, 0.3) is 0 Å². The van der Waals surface area contributed by atoms with E-state index in [1.54, 1.807) is 0 Å². The van der Waals surface area contributed by atoms with Crippen molar-refractivity contribution < 1.29 is 23.9 Å². The molecule has 80 valence electrons. The zero-order chi connectivity index (χ0) is 11.6. The zero-order valence-corrected chi connectivity index (χ0v) is 8.62. The van der Waals surface area contributed by atoms with Crippen LogP contribution in [0.15, 0.2) is 23.2 Å². The fraction of sp³-hybridized carbons (Fsp3) is 0.300. The Hall–Kier alpha value is -1.91. The molecule has 0 bridgehead atoms. The Labute approximate surface area is 86.4 Å². The lowest BCUT2D eigenvalue weighted by Gasteiger charge is -2.14. The second-order valence-corrected chi connectivity index (χ2v) is 2.98. The second kappa shape index (κ2) is 4.08. The maximum atomic E-state index is 11.5. The first-order valence-corrected chi connectivity index (χ1v) is 4.21. The number of esters is 1.